The summed E-state index contributed by atoms with van der Waals surface area (Å²) in [5, 5.41) is 9.48. The number of halogens is 1. The van der Waals surface area contributed by atoms with Crippen molar-refractivity contribution in [2.45, 2.75) is 44.1 Å². The predicted molar refractivity (Wildman–Crippen MR) is 64.9 cm³/mol. The lowest BCUT2D eigenvalue weighted by Gasteiger charge is -2.40. The van der Waals surface area contributed by atoms with Crippen LogP contribution in [0.15, 0.2) is 0 Å². The van der Waals surface area contributed by atoms with E-state index in [0.29, 0.717) is 0 Å². The van der Waals surface area contributed by atoms with Crippen LogP contribution in [0.3, 0.4) is 0 Å². The van der Waals surface area contributed by atoms with Crippen LogP contribution in [0.2, 0.25) is 0 Å². The molecule has 0 radical (unpaired) electrons. The number of carbonyl (C=O) groups is 2. The van der Waals surface area contributed by atoms with Crippen LogP contribution in [0.1, 0.15) is 20.8 Å². The average molecular weight is 325 g/mol. The molecule has 1 heterocycles. The lowest BCUT2D eigenvalue weighted by molar-refractivity contribution is -0.199. The number of rotatable bonds is 3. The third-order valence-corrected chi connectivity index (χ3v) is 3.49. The van der Waals surface area contributed by atoms with E-state index in [1.54, 1.807) is 6.92 Å². The van der Waals surface area contributed by atoms with Gasteiger partial charge in [0.05, 0.1) is 6.10 Å². The van der Waals surface area contributed by atoms with E-state index in [0.717, 1.165) is 0 Å². The van der Waals surface area contributed by atoms with Crippen molar-refractivity contribution < 1.29 is 28.9 Å². The molecule has 0 spiro atoms. The van der Waals surface area contributed by atoms with Crippen LogP contribution in [0.25, 0.3) is 0 Å². The van der Waals surface area contributed by atoms with E-state index >= 15 is 0 Å². The summed E-state index contributed by atoms with van der Waals surface area (Å²) in [6, 6.07) is 0. The minimum atomic E-state index is -0.873. The second-order valence-electron chi connectivity index (χ2n) is 4.25. The first kappa shape index (κ1) is 15.4. The third-order valence-electron chi connectivity index (χ3n) is 2.75. The number of aliphatic hydroxyl groups is 1. The molecule has 1 fully saturated rings. The fraction of sp³-hybridized carbons (Fsp3) is 0.818. The Hall–Kier alpha value is -0.660. The lowest BCUT2D eigenvalue weighted by atomic mass is 9.92. The van der Waals surface area contributed by atoms with Gasteiger partial charge in [-0.1, -0.05) is 22.9 Å². The monoisotopic (exact) mass is 324 g/mol. The molecule has 0 saturated carbocycles. The van der Waals surface area contributed by atoms with Gasteiger partial charge >= 0.3 is 11.9 Å². The Morgan fingerprint density at radius 2 is 1.94 bits per heavy atom. The highest BCUT2D eigenvalue weighted by Gasteiger charge is 2.44. The predicted octanol–water partition coefficient (Wildman–Crippen LogP) is 0.598. The molecule has 0 amide bonds. The Bertz CT molecular complexity index is 319. The molecule has 1 aliphatic heterocycles. The van der Waals surface area contributed by atoms with Gasteiger partial charge in [-0.3, -0.25) is 9.59 Å². The summed E-state index contributed by atoms with van der Waals surface area (Å²) in [7, 11) is 0. The van der Waals surface area contributed by atoms with E-state index in [1.807, 2.05) is 0 Å². The molecule has 7 heteroatoms. The van der Waals surface area contributed by atoms with Gasteiger partial charge in [0.15, 0.2) is 0 Å². The zero-order valence-corrected chi connectivity index (χ0v) is 12.0. The van der Waals surface area contributed by atoms with Crippen molar-refractivity contribution in [3.05, 3.63) is 0 Å². The summed E-state index contributed by atoms with van der Waals surface area (Å²) in [5.74, 6) is -1.20. The first-order chi connectivity index (χ1) is 8.32. The van der Waals surface area contributed by atoms with Crippen LogP contribution in [0.4, 0.5) is 0 Å². The van der Waals surface area contributed by atoms with E-state index in [9.17, 15) is 14.7 Å². The number of alkyl halides is 1. The summed E-state index contributed by atoms with van der Waals surface area (Å²) >= 11 is 3.25. The molecule has 1 N–H and O–H groups in total. The van der Waals surface area contributed by atoms with Crippen molar-refractivity contribution in [3.63, 3.8) is 0 Å². The minimum Gasteiger partial charge on any atom is -0.463 e. The van der Waals surface area contributed by atoms with Crippen molar-refractivity contribution in [2.75, 3.05) is 6.61 Å². The molecule has 0 aromatic heterocycles. The quantitative estimate of drug-likeness (QED) is 0.604. The molecule has 1 saturated heterocycles. The van der Waals surface area contributed by atoms with Crippen LogP contribution in [0.5, 0.6) is 0 Å². The zero-order chi connectivity index (χ0) is 13.9. The first-order valence-electron chi connectivity index (χ1n) is 5.61. The van der Waals surface area contributed by atoms with E-state index in [2.05, 4.69) is 15.9 Å². The summed E-state index contributed by atoms with van der Waals surface area (Å²) in [5.41, 5.74) is 0. The molecule has 5 atom stereocenters. The van der Waals surface area contributed by atoms with E-state index in [-0.39, 0.29) is 12.5 Å². The topological polar surface area (TPSA) is 82.1 Å². The highest BCUT2D eigenvalue weighted by molar-refractivity contribution is 9.09. The third kappa shape index (κ3) is 3.93. The Kier molecular flexibility index (Phi) is 5.55. The van der Waals surface area contributed by atoms with E-state index in [1.165, 1.54) is 13.8 Å². The van der Waals surface area contributed by atoms with Gasteiger partial charge in [-0.25, -0.2) is 0 Å². The van der Waals surface area contributed by atoms with Crippen molar-refractivity contribution in [3.8, 4) is 0 Å². The number of aliphatic hydroxyl groups excluding tert-OH is 1. The smallest absolute Gasteiger partial charge is 0.303 e. The largest absolute Gasteiger partial charge is 0.463 e. The molecule has 18 heavy (non-hydrogen) atoms. The second-order valence-corrected chi connectivity index (χ2v) is 5.15. The lowest BCUT2D eigenvalue weighted by Crippen LogP contribution is -2.54. The molecular weight excluding hydrogens is 308 g/mol. The standard InChI is InChI=1S/C11H17BrO6/c1-5-9(15)8(4-16-6(2)13)18-11(12)10(5)17-7(3)14/h5,8-11,15H,4H2,1-3H3/t5-,8?,9+,10?,11+/m0/s1. The Balaban J connectivity index is 2.64. The molecule has 2 unspecified atom stereocenters. The van der Waals surface area contributed by atoms with E-state index < -0.39 is 35.3 Å². The minimum absolute atomic E-state index is 0.0320. The fourth-order valence-corrected chi connectivity index (χ4v) is 2.65. The molecule has 0 aliphatic carbocycles. The summed E-state index contributed by atoms with van der Waals surface area (Å²) < 4.78 is 15.3. The van der Waals surface area contributed by atoms with Gasteiger partial charge < -0.3 is 19.3 Å². The zero-order valence-electron chi connectivity index (χ0n) is 10.5. The SMILES string of the molecule is CC(=O)OCC1O[C@@H](Br)C(OC(C)=O)[C@@H](C)[C@H]1O. The maximum absolute atomic E-state index is 11.0. The van der Waals surface area contributed by atoms with Gasteiger partial charge in [0, 0.05) is 19.8 Å². The maximum Gasteiger partial charge on any atom is 0.303 e. The molecule has 0 aromatic carbocycles. The number of ether oxygens (including phenoxy) is 3. The van der Waals surface area contributed by atoms with Crippen molar-refractivity contribution in [2.24, 2.45) is 5.92 Å². The molecule has 104 valence electrons. The van der Waals surface area contributed by atoms with Crippen molar-refractivity contribution in [1.82, 2.24) is 0 Å². The van der Waals surface area contributed by atoms with Gasteiger partial charge in [0.25, 0.3) is 0 Å². The number of hydrogen-bond donors (Lipinski definition) is 1. The molecule has 0 aromatic rings. The summed E-state index contributed by atoms with van der Waals surface area (Å²) in [4.78, 5) is 21.7. The maximum atomic E-state index is 11.0. The van der Waals surface area contributed by atoms with Crippen LogP contribution >= 0.6 is 15.9 Å². The first-order valence-corrected chi connectivity index (χ1v) is 6.52. The summed E-state index contributed by atoms with van der Waals surface area (Å²) in [6.45, 7) is 4.29. The van der Waals surface area contributed by atoms with Gasteiger partial charge in [0.1, 0.15) is 23.8 Å². The van der Waals surface area contributed by atoms with E-state index in [4.69, 9.17) is 14.2 Å². The molecule has 1 rings (SSSR count). The van der Waals surface area contributed by atoms with Crippen LogP contribution in [0, 0.1) is 5.92 Å². The molecule has 6 nitrogen and oxygen atoms in total. The number of esters is 2. The van der Waals surface area contributed by atoms with Gasteiger partial charge in [-0.15, -0.1) is 0 Å². The van der Waals surface area contributed by atoms with Crippen molar-refractivity contribution in [1.29, 1.82) is 0 Å². The second kappa shape index (κ2) is 6.49. The average Bonchev–Trinajstić information content (AvgIpc) is 2.27. The van der Waals surface area contributed by atoms with Crippen LogP contribution < -0.4 is 0 Å². The van der Waals surface area contributed by atoms with Crippen molar-refractivity contribution >= 4 is 27.9 Å². The molecule has 1 aliphatic rings. The Morgan fingerprint density at radius 3 is 2.44 bits per heavy atom. The van der Waals surface area contributed by atoms with Crippen LogP contribution in [-0.4, -0.2) is 47.0 Å². The number of hydrogen-bond acceptors (Lipinski definition) is 6. The van der Waals surface area contributed by atoms with Gasteiger partial charge in [-0.05, 0) is 0 Å². The van der Waals surface area contributed by atoms with Crippen LogP contribution in [-0.2, 0) is 23.8 Å². The van der Waals surface area contributed by atoms with Gasteiger partial charge in [0.2, 0.25) is 0 Å². The summed E-state index contributed by atoms with van der Waals surface area (Å²) in [6.07, 6.45) is -2.09. The highest BCUT2D eigenvalue weighted by Crippen LogP contribution is 2.31. The molecule has 0 bridgehead atoms. The molecular formula is C11H17BrO6. The normalized spacial score (nSPS) is 35.9. The Morgan fingerprint density at radius 1 is 1.33 bits per heavy atom. The Labute approximate surface area is 114 Å². The highest BCUT2D eigenvalue weighted by atomic mass is 79.9. The number of carbonyl (C=O) groups excluding carboxylic acids is 2. The van der Waals surface area contributed by atoms with Gasteiger partial charge in [-0.2, -0.15) is 0 Å². The fourth-order valence-electron chi connectivity index (χ4n) is 1.79.